The van der Waals surface area contributed by atoms with Crippen molar-refractivity contribution in [3.8, 4) is 0 Å². The van der Waals surface area contributed by atoms with Gasteiger partial charge in [0.2, 0.25) is 0 Å². The van der Waals surface area contributed by atoms with Crippen molar-refractivity contribution < 1.29 is 0 Å². The second kappa shape index (κ2) is 6.66. The Morgan fingerprint density at radius 2 is 1.92 bits per heavy atom. The topological polar surface area (TPSA) is 27.8 Å². The Morgan fingerprint density at radius 1 is 1.04 bits per heavy atom. The number of benzene rings is 2. The number of rotatable bonds is 4. The molecular formula is C22H24N2. The van der Waals surface area contributed by atoms with Gasteiger partial charge in [-0.2, -0.15) is 0 Å². The lowest BCUT2D eigenvalue weighted by Crippen LogP contribution is -2.33. The molecule has 1 unspecified atom stereocenters. The predicted molar refractivity (Wildman–Crippen MR) is 102 cm³/mol. The zero-order valence-corrected chi connectivity index (χ0v) is 14.2. The lowest BCUT2D eigenvalue weighted by molar-refractivity contribution is 0.502. The van der Waals surface area contributed by atoms with Gasteiger partial charge in [0.05, 0.1) is 0 Å². The van der Waals surface area contributed by atoms with Crippen molar-refractivity contribution in [1.29, 1.82) is 0 Å². The molecule has 24 heavy (non-hydrogen) atoms. The van der Waals surface area contributed by atoms with Crippen molar-refractivity contribution in [2.45, 2.75) is 32.2 Å². The molecule has 3 aromatic rings. The first-order valence-corrected chi connectivity index (χ1v) is 8.84. The number of nitrogens with one attached hydrogen (secondary N) is 2. The molecule has 1 atom stereocenters. The maximum absolute atomic E-state index is 3.66. The highest BCUT2D eigenvalue weighted by Crippen LogP contribution is 2.26. The van der Waals surface area contributed by atoms with Crippen molar-refractivity contribution >= 4 is 16.5 Å². The van der Waals surface area contributed by atoms with Crippen LogP contribution in [0.1, 0.15) is 29.5 Å². The Morgan fingerprint density at radius 3 is 2.79 bits per heavy atom. The minimum absolute atomic E-state index is 0.556. The van der Waals surface area contributed by atoms with E-state index in [1.54, 1.807) is 0 Å². The van der Waals surface area contributed by atoms with E-state index in [-0.39, 0.29) is 0 Å². The summed E-state index contributed by atoms with van der Waals surface area (Å²) in [6.07, 6.45) is 7.78. The summed E-state index contributed by atoms with van der Waals surface area (Å²) in [4.78, 5) is 3.31. The largest absolute Gasteiger partial charge is 0.361 e. The molecule has 0 bridgehead atoms. The number of fused-ring (bicyclic) bond motifs is 1. The fourth-order valence-corrected chi connectivity index (χ4v) is 3.68. The van der Waals surface area contributed by atoms with Crippen molar-refractivity contribution in [3.05, 3.63) is 77.5 Å². The molecule has 2 aromatic carbocycles. The molecule has 2 heterocycles. The van der Waals surface area contributed by atoms with Crippen molar-refractivity contribution in [1.82, 2.24) is 10.3 Å². The van der Waals surface area contributed by atoms with E-state index in [0.29, 0.717) is 6.04 Å². The highest BCUT2D eigenvalue weighted by Gasteiger charge is 2.16. The van der Waals surface area contributed by atoms with Crippen LogP contribution in [0, 0.1) is 6.92 Å². The second-order valence-electron chi connectivity index (χ2n) is 6.80. The first kappa shape index (κ1) is 15.2. The fraction of sp³-hybridized carbons (Fsp3) is 0.273. The molecule has 2 nitrogen and oxygen atoms in total. The first-order valence-electron chi connectivity index (χ1n) is 8.84. The zero-order chi connectivity index (χ0) is 16.4. The number of aromatic amines is 1. The van der Waals surface area contributed by atoms with Crippen LogP contribution < -0.4 is 5.32 Å². The summed E-state index contributed by atoms with van der Waals surface area (Å²) < 4.78 is 0. The molecule has 1 aliphatic heterocycles. The summed E-state index contributed by atoms with van der Waals surface area (Å²) in [6.45, 7) is 3.12. The van der Waals surface area contributed by atoms with Gasteiger partial charge in [-0.3, -0.25) is 0 Å². The molecule has 0 amide bonds. The summed E-state index contributed by atoms with van der Waals surface area (Å²) >= 11 is 0. The monoisotopic (exact) mass is 316 g/mol. The Kier molecular flexibility index (Phi) is 4.22. The van der Waals surface area contributed by atoms with E-state index < -0.39 is 0 Å². The third kappa shape index (κ3) is 3.15. The van der Waals surface area contributed by atoms with E-state index in [9.17, 15) is 0 Å². The SMILES string of the molecule is Cc1ccc(C2=CCNC(CCc3cccc4[nH]ccc34)C2)cc1. The minimum Gasteiger partial charge on any atom is -0.361 e. The lowest BCUT2D eigenvalue weighted by Gasteiger charge is -2.25. The van der Waals surface area contributed by atoms with Gasteiger partial charge in [-0.05, 0) is 55.0 Å². The van der Waals surface area contributed by atoms with Gasteiger partial charge in [0, 0.05) is 29.7 Å². The van der Waals surface area contributed by atoms with Gasteiger partial charge in [0.25, 0.3) is 0 Å². The Balaban J connectivity index is 1.43. The molecule has 0 saturated heterocycles. The molecule has 1 aliphatic rings. The molecule has 1 aromatic heterocycles. The molecule has 2 heteroatoms. The quantitative estimate of drug-likeness (QED) is 0.707. The molecule has 0 saturated carbocycles. The van der Waals surface area contributed by atoms with Crippen LogP contribution in [0.2, 0.25) is 0 Å². The average molecular weight is 316 g/mol. The van der Waals surface area contributed by atoms with Crippen LogP contribution in [-0.2, 0) is 6.42 Å². The molecule has 122 valence electrons. The number of aryl methyl sites for hydroxylation is 2. The van der Waals surface area contributed by atoms with Crippen LogP contribution in [0.4, 0.5) is 0 Å². The standard InChI is InChI=1S/C22H24N2/c1-16-5-7-17(8-6-16)19-11-13-23-20(15-19)10-9-18-3-2-4-22-21(18)12-14-24-22/h2-8,11-12,14,20,23-24H,9-10,13,15H2,1H3. The fourth-order valence-electron chi connectivity index (χ4n) is 3.68. The summed E-state index contributed by atoms with van der Waals surface area (Å²) in [5, 5.41) is 5.02. The highest BCUT2D eigenvalue weighted by molar-refractivity contribution is 5.82. The van der Waals surface area contributed by atoms with Crippen LogP contribution in [-0.4, -0.2) is 17.6 Å². The van der Waals surface area contributed by atoms with E-state index in [0.717, 1.165) is 19.4 Å². The molecule has 0 fully saturated rings. The van der Waals surface area contributed by atoms with E-state index in [2.05, 4.69) is 71.8 Å². The van der Waals surface area contributed by atoms with E-state index in [1.807, 2.05) is 6.20 Å². The molecular weight excluding hydrogens is 292 g/mol. The number of hydrogen-bond donors (Lipinski definition) is 2. The van der Waals surface area contributed by atoms with Crippen LogP contribution in [0.3, 0.4) is 0 Å². The number of aromatic nitrogens is 1. The Labute approximate surface area is 143 Å². The molecule has 4 rings (SSSR count). The van der Waals surface area contributed by atoms with Crippen LogP contribution in [0.15, 0.2) is 60.8 Å². The zero-order valence-electron chi connectivity index (χ0n) is 14.2. The van der Waals surface area contributed by atoms with Gasteiger partial charge in [-0.15, -0.1) is 0 Å². The summed E-state index contributed by atoms with van der Waals surface area (Å²) in [5.41, 5.74) is 6.87. The van der Waals surface area contributed by atoms with Crippen LogP contribution >= 0.6 is 0 Å². The summed E-state index contributed by atoms with van der Waals surface area (Å²) in [7, 11) is 0. The normalized spacial score (nSPS) is 17.9. The maximum atomic E-state index is 3.66. The van der Waals surface area contributed by atoms with Crippen LogP contribution in [0.25, 0.3) is 16.5 Å². The number of H-pyrrole nitrogens is 1. The predicted octanol–water partition coefficient (Wildman–Crippen LogP) is 4.85. The molecule has 0 spiro atoms. The molecule has 0 aliphatic carbocycles. The first-order chi connectivity index (χ1) is 11.8. The van der Waals surface area contributed by atoms with Crippen molar-refractivity contribution in [3.63, 3.8) is 0 Å². The number of hydrogen-bond acceptors (Lipinski definition) is 1. The van der Waals surface area contributed by atoms with E-state index >= 15 is 0 Å². The second-order valence-corrected chi connectivity index (χ2v) is 6.80. The summed E-state index contributed by atoms with van der Waals surface area (Å²) in [5.74, 6) is 0. The average Bonchev–Trinajstić information content (AvgIpc) is 3.10. The Hall–Kier alpha value is -2.32. The lowest BCUT2D eigenvalue weighted by atomic mass is 9.91. The van der Waals surface area contributed by atoms with Gasteiger partial charge in [-0.25, -0.2) is 0 Å². The van der Waals surface area contributed by atoms with Gasteiger partial charge < -0.3 is 10.3 Å². The third-order valence-corrected chi connectivity index (χ3v) is 5.09. The van der Waals surface area contributed by atoms with Gasteiger partial charge in [0.1, 0.15) is 0 Å². The third-order valence-electron chi connectivity index (χ3n) is 5.09. The van der Waals surface area contributed by atoms with Crippen LogP contribution in [0.5, 0.6) is 0 Å². The maximum Gasteiger partial charge on any atom is 0.0456 e. The van der Waals surface area contributed by atoms with Gasteiger partial charge in [0.15, 0.2) is 0 Å². The van der Waals surface area contributed by atoms with Crippen molar-refractivity contribution in [2.24, 2.45) is 0 Å². The molecule has 2 N–H and O–H groups in total. The highest BCUT2D eigenvalue weighted by atomic mass is 14.9. The van der Waals surface area contributed by atoms with Crippen molar-refractivity contribution in [2.75, 3.05) is 6.54 Å². The van der Waals surface area contributed by atoms with E-state index in [1.165, 1.54) is 39.6 Å². The smallest absolute Gasteiger partial charge is 0.0456 e. The van der Waals surface area contributed by atoms with E-state index in [4.69, 9.17) is 0 Å². The van der Waals surface area contributed by atoms with Gasteiger partial charge >= 0.3 is 0 Å². The Bertz CT molecular complexity index is 855. The summed E-state index contributed by atoms with van der Waals surface area (Å²) in [6, 6.07) is 18.2. The van der Waals surface area contributed by atoms with Gasteiger partial charge in [-0.1, -0.05) is 48.0 Å². The minimum atomic E-state index is 0.556. The molecule has 0 radical (unpaired) electrons.